The third kappa shape index (κ3) is 3.42. The zero-order chi connectivity index (χ0) is 14.7. The van der Waals surface area contributed by atoms with E-state index < -0.39 is 5.82 Å². The minimum Gasteiger partial charge on any atom is -0.487 e. The van der Waals surface area contributed by atoms with E-state index in [-0.39, 0.29) is 12.6 Å². The monoisotopic (exact) mass is 313 g/mol. The predicted octanol–water partition coefficient (Wildman–Crippen LogP) is 4.73. The van der Waals surface area contributed by atoms with Gasteiger partial charge in [-0.3, -0.25) is 0 Å². The zero-order valence-electron chi connectivity index (χ0n) is 10.9. The Bertz CT molecular complexity index is 597. The quantitative estimate of drug-likeness (QED) is 0.885. The molecule has 2 nitrogen and oxygen atoms in total. The smallest absolute Gasteiger partial charge is 0.138 e. The highest BCUT2D eigenvalue weighted by molar-refractivity contribution is 6.32. The van der Waals surface area contributed by atoms with E-state index >= 15 is 0 Å². The minimum atomic E-state index is -0.402. The van der Waals surface area contributed by atoms with Gasteiger partial charge in [-0.1, -0.05) is 35.3 Å². The lowest BCUT2D eigenvalue weighted by Crippen LogP contribution is -2.05. The second-order valence-electron chi connectivity index (χ2n) is 4.47. The van der Waals surface area contributed by atoms with Gasteiger partial charge in [-0.25, -0.2) is 4.39 Å². The normalized spacial score (nSPS) is 12.2. The van der Waals surface area contributed by atoms with E-state index in [2.05, 4.69) is 0 Å². The van der Waals surface area contributed by atoms with Crippen LogP contribution >= 0.6 is 23.2 Å². The molecule has 2 N–H and O–H groups in total. The molecule has 0 aliphatic carbocycles. The molecule has 0 unspecified atom stereocenters. The van der Waals surface area contributed by atoms with E-state index in [1.807, 2.05) is 13.0 Å². The molecule has 2 aromatic rings. The largest absolute Gasteiger partial charge is 0.487 e. The van der Waals surface area contributed by atoms with E-state index in [1.165, 1.54) is 6.07 Å². The molecular formula is C15H14Cl2FNO. The number of rotatable bonds is 4. The maximum absolute atomic E-state index is 13.6. The molecule has 0 amide bonds. The van der Waals surface area contributed by atoms with Crippen molar-refractivity contribution in [1.82, 2.24) is 0 Å². The van der Waals surface area contributed by atoms with Crippen LogP contribution in [0.15, 0.2) is 36.4 Å². The van der Waals surface area contributed by atoms with Crippen LogP contribution in [0.1, 0.15) is 24.1 Å². The van der Waals surface area contributed by atoms with Crippen molar-refractivity contribution < 1.29 is 9.13 Å². The summed E-state index contributed by atoms with van der Waals surface area (Å²) in [6.07, 6.45) is 0. The number of hydrogen-bond donors (Lipinski definition) is 1. The molecule has 2 aromatic carbocycles. The molecule has 0 heterocycles. The Morgan fingerprint density at radius 3 is 2.55 bits per heavy atom. The summed E-state index contributed by atoms with van der Waals surface area (Å²) in [5, 5.41) is 0.764. The van der Waals surface area contributed by atoms with Crippen molar-refractivity contribution in [2.45, 2.75) is 19.6 Å². The van der Waals surface area contributed by atoms with Crippen LogP contribution in [0, 0.1) is 5.82 Å². The lowest BCUT2D eigenvalue weighted by atomic mass is 10.1. The van der Waals surface area contributed by atoms with Crippen LogP contribution in [0.2, 0.25) is 10.0 Å². The second-order valence-corrected chi connectivity index (χ2v) is 5.28. The van der Waals surface area contributed by atoms with Gasteiger partial charge in [-0.2, -0.15) is 0 Å². The standard InChI is InChI=1S/C15H14Cl2FNO/c1-9(19)10-5-6-15(13(17)7-10)20-8-11-12(16)3-2-4-14(11)18/h2-7,9H,8,19H2,1H3/t9-/m1/s1. The van der Waals surface area contributed by atoms with Crippen molar-refractivity contribution in [2.75, 3.05) is 0 Å². The topological polar surface area (TPSA) is 35.2 Å². The Kier molecular flexibility index (Phi) is 4.86. The maximum atomic E-state index is 13.6. The van der Waals surface area contributed by atoms with E-state index in [9.17, 15) is 4.39 Å². The van der Waals surface area contributed by atoms with Gasteiger partial charge in [0.2, 0.25) is 0 Å². The van der Waals surface area contributed by atoms with Crippen molar-refractivity contribution in [3.8, 4) is 5.75 Å². The van der Waals surface area contributed by atoms with Crippen LogP contribution in [-0.4, -0.2) is 0 Å². The Morgan fingerprint density at radius 2 is 1.95 bits per heavy atom. The van der Waals surface area contributed by atoms with Crippen LogP contribution in [-0.2, 0) is 6.61 Å². The summed E-state index contributed by atoms with van der Waals surface area (Å²) in [7, 11) is 0. The van der Waals surface area contributed by atoms with Gasteiger partial charge in [0, 0.05) is 11.6 Å². The number of halogens is 3. The van der Waals surface area contributed by atoms with Gasteiger partial charge in [0.05, 0.1) is 10.0 Å². The highest BCUT2D eigenvalue weighted by atomic mass is 35.5. The van der Waals surface area contributed by atoms with Gasteiger partial charge in [0.25, 0.3) is 0 Å². The van der Waals surface area contributed by atoms with E-state index in [0.717, 1.165) is 5.56 Å². The molecule has 0 spiro atoms. The van der Waals surface area contributed by atoms with Crippen LogP contribution in [0.5, 0.6) is 5.75 Å². The molecule has 0 fully saturated rings. The van der Waals surface area contributed by atoms with Gasteiger partial charge < -0.3 is 10.5 Å². The Balaban J connectivity index is 2.15. The average molecular weight is 314 g/mol. The number of ether oxygens (including phenoxy) is 1. The Hall–Kier alpha value is -1.29. The highest BCUT2D eigenvalue weighted by Crippen LogP contribution is 2.29. The summed E-state index contributed by atoms with van der Waals surface area (Å²) in [5.74, 6) is 0.0659. The Labute approximate surface area is 127 Å². The molecule has 20 heavy (non-hydrogen) atoms. The van der Waals surface area contributed by atoms with Crippen LogP contribution in [0.4, 0.5) is 4.39 Å². The molecule has 0 saturated carbocycles. The maximum Gasteiger partial charge on any atom is 0.138 e. The fourth-order valence-corrected chi connectivity index (χ4v) is 2.20. The van der Waals surface area contributed by atoms with Gasteiger partial charge >= 0.3 is 0 Å². The molecule has 0 aliphatic heterocycles. The summed E-state index contributed by atoms with van der Waals surface area (Å²) >= 11 is 12.0. The first-order chi connectivity index (χ1) is 9.49. The molecule has 106 valence electrons. The van der Waals surface area contributed by atoms with E-state index in [0.29, 0.717) is 21.4 Å². The van der Waals surface area contributed by atoms with Crippen LogP contribution in [0.25, 0.3) is 0 Å². The Morgan fingerprint density at radius 1 is 1.20 bits per heavy atom. The summed E-state index contributed by atoms with van der Waals surface area (Å²) in [4.78, 5) is 0. The molecule has 0 aliphatic rings. The number of nitrogens with two attached hydrogens (primary N) is 1. The second kappa shape index (κ2) is 6.44. The SMILES string of the molecule is C[C@@H](N)c1ccc(OCc2c(F)cccc2Cl)c(Cl)c1. The van der Waals surface area contributed by atoms with Gasteiger partial charge in [-0.15, -0.1) is 0 Å². The molecule has 5 heteroatoms. The molecule has 0 saturated heterocycles. The number of benzene rings is 2. The first-order valence-electron chi connectivity index (χ1n) is 6.09. The van der Waals surface area contributed by atoms with E-state index in [1.54, 1.807) is 24.3 Å². The highest BCUT2D eigenvalue weighted by Gasteiger charge is 2.10. The van der Waals surface area contributed by atoms with Gasteiger partial charge in [0.1, 0.15) is 18.2 Å². The van der Waals surface area contributed by atoms with Crippen molar-refractivity contribution in [1.29, 1.82) is 0 Å². The first kappa shape index (κ1) is 15.1. The third-order valence-electron chi connectivity index (χ3n) is 2.92. The lowest BCUT2D eigenvalue weighted by molar-refractivity contribution is 0.300. The molecule has 0 bridgehead atoms. The van der Waals surface area contributed by atoms with Crippen molar-refractivity contribution in [2.24, 2.45) is 5.73 Å². The van der Waals surface area contributed by atoms with Crippen molar-refractivity contribution >= 4 is 23.2 Å². The first-order valence-corrected chi connectivity index (χ1v) is 6.85. The fourth-order valence-electron chi connectivity index (χ4n) is 1.74. The van der Waals surface area contributed by atoms with Gasteiger partial charge in [-0.05, 0) is 36.8 Å². The summed E-state index contributed by atoms with van der Waals surface area (Å²) in [6.45, 7) is 1.88. The van der Waals surface area contributed by atoms with E-state index in [4.69, 9.17) is 33.7 Å². The predicted molar refractivity (Wildman–Crippen MR) is 79.8 cm³/mol. The average Bonchev–Trinajstić information content (AvgIpc) is 2.39. The molecule has 1 atom stereocenters. The number of hydrogen-bond acceptors (Lipinski definition) is 2. The van der Waals surface area contributed by atoms with Gasteiger partial charge in [0.15, 0.2) is 0 Å². The molecule has 2 rings (SSSR count). The lowest BCUT2D eigenvalue weighted by Gasteiger charge is -2.12. The fraction of sp³-hybridized carbons (Fsp3) is 0.200. The third-order valence-corrected chi connectivity index (χ3v) is 3.56. The molecular weight excluding hydrogens is 300 g/mol. The summed E-state index contributed by atoms with van der Waals surface area (Å²) in [6, 6.07) is 9.68. The summed E-state index contributed by atoms with van der Waals surface area (Å²) in [5.41, 5.74) is 6.99. The van der Waals surface area contributed by atoms with Crippen LogP contribution < -0.4 is 10.5 Å². The molecule has 0 radical (unpaired) electrons. The summed E-state index contributed by atoms with van der Waals surface area (Å²) < 4.78 is 19.1. The minimum absolute atomic E-state index is 0.0166. The van der Waals surface area contributed by atoms with Crippen molar-refractivity contribution in [3.63, 3.8) is 0 Å². The van der Waals surface area contributed by atoms with Crippen LogP contribution in [0.3, 0.4) is 0 Å². The molecule has 0 aromatic heterocycles. The zero-order valence-corrected chi connectivity index (χ0v) is 12.4. The van der Waals surface area contributed by atoms with Crippen molar-refractivity contribution in [3.05, 3.63) is 63.4 Å².